The summed E-state index contributed by atoms with van der Waals surface area (Å²) in [7, 11) is 1.51. The van der Waals surface area contributed by atoms with Crippen molar-refractivity contribution >= 4 is 17.7 Å². The van der Waals surface area contributed by atoms with Gasteiger partial charge in [0.2, 0.25) is 17.7 Å². The molecule has 16 heavy (non-hydrogen) atoms. The van der Waals surface area contributed by atoms with Gasteiger partial charge in [-0.2, -0.15) is 9.97 Å². The zero-order valence-electron chi connectivity index (χ0n) is 8.86. The van der Waals surface area contributed by atoms with E-state index >= 15 is 0 Å². The average Bonchev–Trinajstić information content (AvgIpc) is 2.63. The first kappa shape index (κ1) is 10.5. The van der Waals surface area contributed by atoms with Crippen LogP contribution in [0.1, 0.15) is 6.42 Å². The maximum Gasteiger partial charge on any atom is 0.225 e. The summed E-state index contributed by atoms with van der Waals surface area (Å²) in [5.74, 6) is 1.13. The molecule has 1 aromatic heterocycles. The lowest BCUT2D eigenvalue weighted by atomic mass is 10.2. The molecule has 1 amide bonds. The summed E-state index contributed by atoms with van der Waals surface area (Å²) in [6.07, 6.45) is 0.437. The molecule has 1 saturated heterocycles. The van der Waals surface area contributed by atoms with E-state index in [2.05, 4.69) is 20.6 Å². The van der Waals surface area contributed by atoms with Crippen molar-refractivity contribution in [2.75, 3.05) is 24.7 Å². The van der Waals surface area contributed by atoms with Crippen LogP contribution in [0, 0.1) is 0 Å². The number of anilines is 2. The molecule has 0 saturated carbocycles. The molecule has 1 aliphatic heterocycles. The topological polar surface area (TPSA) is 102 Å². The average molecular weight is 223 g/mol. The molecule has 0 radical (unpaired) electrons. The number of carbonyl (C=O) groups excluding carboxylic acids is 1. The number of rotatable bonds is 3. The molecular weight excluding hydrogens is 210 g/mol. The van der Waals surface area contributed by atoms with Crippen LogP contribution in [0.25, 0.3) is 0 Å². The molecule has 4 N–H and O–H groups in total. The number of ether oxygens (including phenoxy) is 1. The Hall–Kier alpha value is -2.05. The maximum atomic E-state index is 11.0. The second-order valence-corrected chi connectivity index (χ2v) is 3.50. The Morgan fingerprint density at radius 3 is 3.06 bits per heavy atom. The van der Waals surface area contributed by atoms with E-state index in [9.17, 15) is 4.79 Å². The highest BCUT2D eigenvalue weighted by Crippen LogP contribution is 2.16. The summed E-state index contributed by atoms with van der Waals surface area (Å²) in [6, 6.07) is 1.67. The van der Waals surface area contributed by atoms with Gasteiger partial charge in [0.1, 0.15) is 5.82 Å². The summed E-state index contributed by atoms with van der Waals surface area (Å²) in [4.78, 5) is 18.9. The number of nitrogens with zero attached hydrogens (tertiary/aromatic N) is 2. The minimum Gasteiger partial charge on any atom is -0.481 e. The first-order chi connectivity index (χ1) is 7.67. The zero-order chi connectivity index (χ0) is 11.5. The number of hydrogen-bond donors (Lipinski definition) is 3. The van der Waals surface area contributed by atoms with Gasteiger partial charge in [0.05, 0.1) is 13.2 Å². The normalized spacial score (nSPS) is 19.3. The summed E-state index contributed by atoms with van der Waals surface area (Å²) in [6.45, 7) is 0.588. The molecule has 2 heterocycles. The van der Waals surface area contributed by atoms with Crippen LogP contribution < -0.4 is 21.1 Å². The van der Waals surface area contributed by atoms with Crippen molar-refractivity contribution in [3.63, 3.8) is 0 Å². The first-order valence-corrected chi connectivity index (χ1v) is 4.89. The third-order valence-electron chi connectivity index (χ3n) is 2.26. The molecule has 1 fully saturated rings. The zero-order valence-corrected chi connectivity index (χ0v) is 8.86. The Labute approximate surface area is 92.4 Å². The largest absolute Gasteiger partial charge is 0.481 e. The second kappa shape index (κ2) is 4.21. The van der Waals surface area contributed by atoms with Crippen LogP contribution in [-0.4, -0.2) is 35.6 Å². The predicted molar refractivity (Wildman–Crippen MR) is 58.0 cm³/mol. The maximum absolute atomic E-state index is 11.0. The van der Waals surface area contributed by atoms with Gasteiger partial charge >= 0.3 is 0 Å². The lowest BCUT2D eigenvalue weighted by Crippen LogP contribution is -2.23. The van der Waals surface area contributed by atoms with Gasteiger partial charge in [-0.15, -0.1) is 0 Å². The lowest BCUT2D eigenvalue weighted by Gasteiger charge is -2.11. The Bertz CT molecular complexity index is 409. The van der Waals surface area contributed by atoms with E-state index in [4.69, 9.17) is 10.5 Å². The number of nitrogen functional groups attached to an aromatic ring is 1. The standard InChI is InChI=1S/C9H13N5O2/c1-16-8-3-6(13-9(10)14-8)12-5-2-7(15)11-4-5/h3,5H,2,4H2,1H3,(H,11,15)(H3,10,12,13,14). The van der Waals surface area contributed by atoms with Gasteiger partial charge in [-0.25, -0.2) is 0 Å². The fourth-order valence-electron chi connectivity index (χ4n) is 1.54. The molecule has 1 unspecified atom stereocenters. The fraction of sp³-hybridized carbons (Fsp3) is 0.444. The van der Waals surface area contributed by atoms with Gasteiger partial charge in [0.25, 0.3) is 0 Å². The molecule has 2 rings (SSSR count). The highest BCUT2D eigenvalue weighted by atomic mass is 16.5. The molecule has 7 heteroatoms. The first-order valence-electron chi connectivity index (χ1n) is 4.89. The third-order valence-corrected chi connectivity index (χ3v) is 2.26. The molecule has 0 bridgehead atoms. The van der Waals surface area contributed by atoms with Crippen LogP contribution in [0.5, 0.6) is 5.88 Å². The van der Waals surface area contributed by atoms with Crippen molar-refractivity contribution in [3.05, 3.63) is 6.07 Å². The van der Waals surface area contributed by atoms with E-state index in [0.717, 1.165) is 0 Å². The SMILES string of the molecule is COc1cc(NC2CNC(=O)C2)nc(N)n1. The Morgan fingerprint density at radius 2 is 2.44 bits per heavy atom. The van der Waals surface area contributed by atoms with Crippen molar-refractivity contribution < 1.29 is 9.53 Å². The van der Waals surface area contributed by atoms with Crippen LogP contribution in [0.15, 0.2) is 6.07 Å². The van der Waals surface area contributed by atoms with E-state index in [1.165, 1.54) is 7.11 Å². The highest BCUT2D eigenvalue weighted by molar-refractivity contribution is 5.79. The molecule has 0 spiro atoms. The summed E-state index contributed by atoms with van der Waals surface area (Å²) in [5.41, 5.74) is 5.51. The molecule has 1 aliphatic rings. The molecule has 0 aromatic carbocycles. The summed E-state index contributed by atoms with van der Waals surface area (Å²) >= 11 is 0. The number of nitrogens with one attached hydrogen (secondary N) is 2. The minimum atomic E-state index is 0.0338. The quantitative estimate of drug-likeness (QED) is 0.630. The monoisotopic (exact) mass is 223 g/mol. The summed E-state index contributed by atoms with van der Waals surface area (Å²) in [5, 5.41) is 5.82. The number of carbonyl (C=O) groups is 1. The molecular formula is C9H13N5O2. The van der Waals surface area contributed by atoms with E-state index in [1.54, 1.807) is 6.07 Å². The van der Waals surface area contributed by atoms with Crippen molar-refractivity contribution in [1.29, 1.82) is 0 Å². The van der Waals surface area contributed by atoms with Gasteiger partial charge in [-0.1, -0.05) is 0 Å². The second-order valence-electron chi connectivity index (χ2n) is 3.50. The van der Waals surface area contributed by atoms with E-state index in [0.29, 0.717) is 24.7 Å². The van der Waals surface area contributed by atoms with Crippen LogP contribution in [0.4, 0.5) is 11.8 Å². The van der Waals surface area contributed by atoms with Crippen molar-refractivity contribution in [2.24, 2.45) is 0 Å². The van der Waals surface area contributed by atoms with E-state index < -0.39 is 0 Å². The molecule has 86 valence electrons. The third kappa shape index (κ3) is 2.30. The van der Waals surface area contributed by atoms with Crippen LogP contribution >= 0.6 is 0 Å². The number of methoxy groups -OCH3 is 1. The summed E-state index contributed by atoms with van der Waals surface area (Å²) < 4.78 is 4.97. The fourth-order valence-corrected chi connectivity index (χ4v) is 1.54. The van der Waals surface area contributed by atoms with Crippen LogP contribution in [0.2, 0.25) is 0 Å². The number of hydrogen-bond acceptors (Lipinski definition) is 6. The smallest absolute Gasteiger partial charge is 0.225 e. The van der Waals surface area contributed by atoms with Gasteiger partial charge in [0, 0.05) is 19.0 Å². The van der Waals surface area contributed by atoms with Crippen LogP contribution in [-0.2, 0) is 4.79 Å². The Balaban J connectivity index is 2.08. The molecule has 7 nitrogen and oxygen atoms in total. The van der Waals surface area contributed by atoms with Crippen molar-refractivity contribution in [3.8, 4) is 5.88 Å². The Kier molecular flexibility index (Phi) is 2.76. The van der Waals surface area contributed by atoms with Crippen LogP contribution in [0.3, 0.4) is 0 Å². The highest BCUT2D eigenvalue weighted by Gasteiger charge is 2.21. The Morgan fingerprint density at radius 1 is 1.62 bits per heavy atom. The molecule has 1 atom stereocenters. The van der Waals surface area contributed by atoms with E-state index in [-0.39, 0.29) is 17.9 Å². The molecule has 0 aliphatic carbocycles. The number of aromatic nitrogens is 2. The van der Waals surface area contributed by atoms with Gasteiger partial charge in [-0.3, -0.25) is 4.79 Å². The predicted octanol–water partition coefficient (Wildman–Crippen LogP) is -0.632. The number of nitrogens with two attached hydrogens (primary N) is 1. The van der Waals surface area contributed by atoms with E-state index in [1.807, 2.05) is 0 Å². The lowest BCUT2D eigenvalue weighted by molar-refractivity contribution is -0.119. The molecule has 1 aromatic rings. The van der Waals surface area contributed by atoms with Crippen molar-refractivity contribution in [2.45, 2.75) is 12.5 Å². The van der Waals surface area contributed by atoms with Crippen molar-refractivity contribution in [1.82, 2.24) is 15.3 Å². The number of amides is 1. The van der Waals surface area contributed by atoms with Gasteiger partial charge in [0.15, 0.2) is 0 Å². The van der Waals surface area contributed by atoms with Gasteiger partial charge < -0.3 is 21.1 Å². The van der Waals surface area contributed by atoms with Gasteiger partial charge in [-0.05, 0) is 0 Å². The minimum absolute atomic E-state index is 0.0338.